The van der Waals surface area contributed by atoms with E-state index in [9.17, 15) is 4.79 Å². The van der Waals surface area contributed by atoms with Crippen LogP contribution in [0.25, 0.3) is 0 Å². The van der Waals surface area contributed by atoms with Gasteiger partial charge in [0.05, 0.1) is 6.54 Å². The molecule has 0 atom stereocenters. The molecule has 1 aromatic heterocycles. The molecule has 2 fully saturated rings. The number of rotatable bonds is 4. The van der Waals surface area contributed by atoms with Crippen LogP contribution in [-0.2, 0) is 11.3 Å². The molecular formula is C14H22N4O2. The highest BCUT2D eigenvalue weighted by molar-refractivity contribution is 5.81. The molecule has 1 saturated heterocycles. The van der Waals surface area contributed by atoms with Crippen LogP contribution in [0, 0.1) is 5.92 Å². The predicted molar refractivity (Wildman–Crippen MR) is 73.0 cm³/mol. The average molecular weight is 278 g/mol. The molecule has 1 aliphatic heterocycles. The van der Waals surface area contributed by atoms with Crippen LogP contribution >= 0.6 is 0 Å². The van der Waals surface area contributed by atoms with Gasteiger partial charge in [-0.25, -0.2) is 0 Å². The smallest absolute Gasteiger partial charge is 0.230 e. The molecule has 1 saturated carbocycles. The van der Waals surface area contributed by atoms with Gasteiger partial charge in [-0.05, 0) is 12.8 Å². The van der Waals surface area contributed by atoms with Crippen molar-refractivity contribution < 1.29 is 9.21 Å². The molecule has 2 heterocycles. The number of carbonyl (C=O) groups excluding carboxylic acids is 1. The van der Waals surface area contributed by atoms with Gasteiger partial charge < -0.3 is 9.32 Å². The summed E-state index contributed by atoms with van der Waals surface area (Å²) in [7, 11) is 0. The highest BCUT2D eigenvalue weighted by atomic mass is 16.4. The van der Waals surface area contributed by atoms with Crippen LogP contribution in [0.15, 0.2) is 4.42 Å². The highest BCUT2D eigenvalue weighted by Gasteiger charge is 2.34. The Bertz CT molecular complexity index is 473. The molecule has 6 heteroatoms. The van der Waals surface area contributed by atoms with E-state index in [1.165, 1.54) is 0 Å². The summed E-state index contributed by atoms with van der Waals surface area (Å²) in [5, 5.41) is 8.13. The summed E-state index contributed by atoms with van der Waals surface area (Å²) in [5.74, 6) is 2.32. The van der Waals surface area contributed by atoms with Gasteiger partial charge in [0.2, 0.25) is 17.7 Å². The fourth-order valence-electron chi connectivity index (χ4n) is 2.47. The quantitative estimate of drug-likeness (QED) is 0.829. The number of carbonyl (C=O) groups is 1. The van der Waals surface area contributed by atoms with Crippen LogP contribution in [-0.4, -0.2) is 52.1 Å². The van der Waals surface area contributed by atoms with Crippen LogP contribution < -0.4 is 0 Å². The van der Waals surface area contributed by atoms with Crippen molar-refractivity contribution in [3.05, 3.63) is 11.8 Å². The second-order valence-corrected chi connectivity index (χ2v) is 6.06. The van der Waals surface area contributed by atoms with Crippen molar-refractivity contribution in [1.29, 1.82) is 0 Å². The van der Waals surface area contributed by atoms with E-state index in [0.717, 1.165) is 39.0 Å². The van der Waals surface area contributed by atoms with Crippen LogP contribution in [0.4, 0.5) is 0 Å². The summed E-state index contributed by atoms with van der Waals surface area (Å²) >= 11 is 0. The molecule has 0 unspecified atom stereocenters. The lowest BCUT2D eigenvalue weighted by Gasteiger charge is -2.34. The summed E-state index contributed by atoms with van der Waals surface area (Å²) in [5.41, 5.74) is 0. The van der Waals surface area contributed by atoms with E-state index in [-0.39, 0.29) is 5.92 Å². The van der Waals surface area contributed by atoms with Gasteiger partial charge in [0.1, 0.15) is 0 Å². The first-order valence-electron chi connectivity index (χ1n) is 7.47. The Morgan fingerprint density at radius 3 is 2.50 bits per heavy atom. The molecule has 2 aliphatic rings. The van der Waals surface area contributed by atoms with Gasteiger partial charge in [-0.3, -0.25) is 9.69 Å². The van der Waals surface area contributed by atoms with E-state index in [2.05, 4.69) is 15.1 Å². The molecular weight excluding hydrogens is 256 g/mol. The number of amides is 1. The first-order valence-corrected chi connectivity index (χ1v) is 7.47. The van der Waals surface area contributed by atoms with Crippen molar-refractivity contribution in [2.45, 2.75) is 39.2 Å². The first kappa shape index (κ1) is 13.5. The molecule has 3 rings (SSSR count). The fraction of sp³-hybridized carbons (Fsp3) is 0.786. The zero-order valence-electron chi connectivity index (χ0n) is 12.2. The Kier molecular flexibility index (Phi) is 3.74. The SMILES string of the molecule is CC(C)c1nnc(CN2CCN(C(=O)C3CC3)CC2)o1. The van der Waals surface area contributed by atoms with Gasteiger partial charge in [0, 0.05) is 38.0 Å². The number of hydrogen-bond donors (Lipinski definition) is 0. The number of aromatic nitrogens is 2. The molecule has 1 aliphatic carbocycles. The summed E-state index contributed by atoms with van der Waals surface area (Å²) in [6, 6.07) is 0. The fourth-order valence-corrected chi connectivity index (χ4v) is 2.47. The van der Waals surface area contributed by atoms with Crippen LogP contribution in [0.5, 0.6) is 0 Å². The molecule has 0 aromatic carbocycles. The molecule has 110 valence electrons. The number of piperazine rings is 1. The molecule has 20 heavy (non-hydrogen) atoms. The summed E-state index contributed by atoms with van der Waals surface area (Å²) in [6.45, 7) is 8.18. The van der Waals surface area contributed by atoms with E-state index in [0.29, 0.717) is 30.2 Å². The molecule has 1 aromatic rings. The lowest BCUT2D eigenvalue weighted by Crippen LogP contribution is -2.48. The van der Waals surface area contributed by atoms with Crippen LogP contribution in [0.3, 0.4) is 0 Å². The Hall–Kier alpha value is -1.43. The van der Waals surface area contributed by atoms with Crippen molar-refractivity contribution in [3.8, 4) is 0 Å². The monoisotopic (exact) mass is 278 g/mol. The second-order valence-electron chi connectivity index (χ2n) is 6.06. The Morgan fingerprint density at radius 1 is 1.25 bits per heavy atom. The highest BCUT2D eigenvalue weighted by Crippen LogP contribution is 2.31. The second kappa shape index (κ2) is 5.52. The van der Waals surface area contributed by atoms with Crippen molar-refractivity contribution in [1.82, 2.24) is 20.0 Å². The van der Waals surface area contributed by atoms with Gasteiger partial charge >= 0.3 is 0 Å². The summed E-state index contributed by atoms with van der Waals surface area (Å²) < 4.78 is 5.63. The lowest BCUT2D eigenvalue weighted by atomic mass is 10.2. The normalized spacial score (nSPS) is 20.6. The first-order chi connectivity index (χ1) is 9.63. The van der Waals surface area contributed by atoms with Gasteiger partial charge in [-0.2, -0.15) is 0 Å². The lowest BCUT2D eigenvalue weighted by molar-refractivity contribution is -0.134. The number of hydrogen-bond acceptors (Lipinski definition) is 5. The molecule has 0 radical (unpaired) electrons. The van der Waals surface area contributed by atoms with Gasteiger partial charge in [-0.1, -0.05) is 13.8 Å². The minimum Gasteiger partial charge on any atom is -0.424 e. The topological polar surface area (TPSA) is 62.5 Å². The maximum Gasteiger partial charge on any atom is 0.230 e. The van der Waals surface area contributed by atoms with Gasteiger partial charge in [0.25, 0.3) is 0 Å². The third-order valence-corrected chi connectivity index (χ3v) is 3.95. The van der Waals surface area contributed by atoms with Crippen LogP contribution in [0.2, 0.25) is 0 Å². The zero-order valence-corrected chi connectivity index (χ0v) is 12.2. The van der Waals surface area contributed by atoms with E-state index >= 15 is 0 Å². The predicted octanol–water partition coefficient (Wildman–Crippen LogP) is 1.25. The maximum absolute atomic E-state index is 12.0. The zero-order chi connectivity index (χ0) is 14.1. The summed E-state index contributed by atoms with van der Waals surface area (Å²) in [4.78, 5) is 16.2. The molecule has 0 N–H and O–H groups in total. The molecule has 1 amide bonds. The van der Waals surface area contributed by atoms with E-state index in [4.69, 9.17) is 4.42 Å². The van der Waals surface area contributed by atoms with Gasteiger partial charge in [0.15, 0.2) is 0 Å². The van der Waals surface area contributed by atoms with Gasteiger partial charge in [-0.15, -0.1) is 10.2 Å². The van der Waals surface area contributed by atoms with Crippen LogP contribution in [0.1, 0.15) is 44.4 Å². The van der Waals surface area contributed by atoms with Crippen molar-refractivity contribution >= 4 is 5.91 Å². The van der Waals surface area contributed by atoms with E-state index < -0.39 is 0 Å². The minimum atomic E-state index is 0.268. The Balaban J connectivity index is 1.49. The molecule has 0 bridgehead atoms. The van der Waals surface area contributed by atoms with E-state index in [1.54, 1.807) is 0 Å². The maximum atomic E-state index is 12.0. The molecule has 6 nitrogen and oxygen atoms in total. The Morgan fingerprint density at radius 2 is 1.95 bits per heavy atom. The van der Waals surface area contributed by atoms with Crippen molar-refractivity contribution in [3.63, 3.8) is 0 Å². The average Bonchev–Trinajstić information content (AvgIpc) is 3.19. The minimum absolute atomic E-state index is 0.268. The standard InChI is InChI=1S/C14H22N4O2/c1-10(2)13-16-15-12(20-13)9-17-5-7-18(8-6-17)14(19)11-3-4-11/h10-11H,3-9H2,1-2H3. The number of nitrogens with zero attached hydrogens (tertiary/aromatic N) is 4. The third kappa shape index (κ3) is 3.00. The van der Waals surface area contributed by atoms with Crippen molar-refractivity contribution in [2.75, 3.05) is 26.2 Å². The molecule has 0 spiro atoms. The third-order valence-electron chi connectivity index (χ3n) is 3.95. The summed E-state index contributed by atoms with van der Waals surface area (Å²) in [6.07, 6.45) is 2.16. The largest absolute Gasteiger partial charge is 0.424 e. The van der Waals surface area contributed by atoms with Crippen molar-refractivity contribution in [2.24, 2.45) is 5.92 Å². The Labute approximate surface area is 119 Å². The van der Waals surface area contributed by atoms with E-state index in [1.807, 2.05) is 18.7 Å².